The van der Waals surface area contributed by atoms with Crippen molar-refractivity contribution < 1.29 is 33.0 Å². The van der Waals surface area contributed by atoms with Crippen LogP contribution in [0.1, 0.15) is 58.2 Å². The number of methoxy groups -OCH3 is 1. The summed E-state index contributed by atoms with van der Waals surface area (Å²) >= 11 is 0. The van der Waals surface area contributed by atoms with E-state index in [0.29, 0.717) is 35.0 Å². The fourth-order valence-corrected chi connectivity index (χ4v) is 4.76. The standard InChI is InChI=1S/C33H42FN5O7/c1-8-12-21-17-23(34)18-22-19-24(39(28(21)22)32(44)46-33(2,3)4)20-38-16-11-14-26(30(38)42)35-29(41)25(36-31(43)45-7)13-9-10-15-27(40)37(5)6/h10-11,14-19,25H,8-9,12-13,20H2,1-7H3,(H,35,41)(H,36,43)/b15-10+/t25-/m0/s1. The van der Waals surface area contributed by atoms with Crippen LogP contribution in [0.5, 0.6) is 0 Å². The van der Waals surface area contributed by atoms with Gasteiger partial charge >= 0.3 is 12.2 Å². The maximum Gasteiger partial charge on any atom is 0.419 e. The van der Waals surface area contributed by atoms with E-state index in [9.17, 15) is 28.4 Å². The Bertz CT molecular complexity index is 1680. The number of ether oxygens (including phenoxy) is 2. The lowest BCUT2D eigenvalue weighted by atomic mass is 10.1. The lowest BCUT2D eigenvalue weighted by Crippen LogP contribution is -2.44. The van der Waals surface area contributed by atoms with Crippen LogP contribution >= 0.6 is 0 Å². The zero-order valence-electron chi connectivity index (χ0n) is 27.3. The van der Waals surface area contributed by atoms with E-state index in [1.807, 2.05) is 6.92 Å². The van der Waals surface area contributed by atoms with Crippen molar-refractivity contribution in [1.82, 2.24) is 19.4 Å². The molecule has 0 aliphatic heterocycles. The fourth-order valence-electron chi connectivity index (χ4n) is 4.76. The highest BCUT2D eigenvalue weighted by Gasteiger charge is 2.25. The summed E-state index contributed by atoms with van der Waals surface area (Å²) in [4.78, 5) is 65.4. The molecule has 0 aliphatic carbocycles. The van der Waals surface area contributed by atoms with Gasteiger partial charge in [0.15, 0.2) is 0 Å². The Morgan fingerprint density at radius 2 is 1.85 bits per heavy atom. The van der Waals surface area contributed by atoms with Crippen molar-refractivity contribution >= 4 is 40.6 Å². The van der Waals surface area contributed by atoms with Crippen LogP contribution in [0.15, 0.2) is 53.5 Å². The van der Waals surface area contributed by atoms with Crippen LogP contribution in [0.2, 0.25) is 0 Å². The molecule has 0 bridgehead atoms. The number of anilines is 1. The average molecular weight is 640 g/mol. The molecule has 0 spiro atoms. The van der Waals surface area contributed by atoms with Gasteiger partial charge in [-0.1, -0.05) is 19.4 Å². The van der Waals surface area contributed by atoms with Gasteiger partial charge in [-0.2, -0.15) is 0 Å². The van der Waals surface area contributed by atoms with Gasteiger partial charge in [0.1, 0.15) is 23.1 Å². The van der Waals surface area contributed by atoms with Crippen LogP contribution in [-0.2, 0) is 32.0 Å². The number of nitrogens with one attached hydrogen (secondary N) is 2. The summed E-state index contributed by atoms with van der Waals surface area (Å²) in [6.07, 6.45) is 4.55. The Labute approximate surface area is 267 Å². The minimum absolute atomic E-state index is 0.0693. The summed E-state index contributed by atoms with van der Waals surface area (Å²) in [5.74, 6) is -1.35. The second-order valence-electron chi connectivity index (χ2n) is 11.9. The number of hydrogen-bond donors (Lipinski definition) is 2. The largest absolute Gasteiger partial charge is 0.453 e. The highest BCUT2D eigenvalue weighted by atomic mass is 19.1. The molecule has 0 saturated heterocycles. The van der Waals surface area contributed by atoms with Crippen molar-refractivity contribution in [2.75, 3.05) is 26.5 Å². The third kappa shape index (κ3) is 9.29. The number of carbonyl (C=O) groups excluding carboxylic acids is 4. The molecular formula is C33H42FN5O7. The van der Waals surface area contributed by atoms with E-state index in [-0.39, 0.29) is 31.0 Å². The van der Waals surface area contributed by atoms with Gasteiger partial charge in [-0.3, -0.25) is 14.4 Å². The number of benzene rings is 1. The number of amides is 3. The van der Waals surface area contributed by atoms with E-state index in [1.54, 1.807) is 53.1 Å². The number of aryl methyl sites for hydroxylation is 1. The number of alkyl carbamates (subject to hydrolysis) is 1. The van der Waals surface area contributed by atoms with Gasteiger partial charge < -0.3 is 29.6 Å². The first-order valence-corrected chi connectivity index (χ1v) is 14.9. The first kappa shape index (κ1) is 35.5. The molecule has 0 saturated carbocycles. The zero-order chi connectivity index (χ0) is 34.2. The molecule has 2 heterocycles. The number of aromatic nitrogens is 2. The predicted molar refractivity (Wildman–Crippen MR) is 172 cm³/mol. The molecule has 2 N–H and O–H groups in total. The third-order valence-corrected chi connectivity index (χ3v) is 6.84. The van der Waals surface area contributed by atoms with Crippen LogP contribution in [0, 0.1) is 5.82 Å². The minimum Gasteiger partial charge on any atom is -0.453 e. The van der Waals surface area contributed by atoms with Gasteiger partial charge in [-0.05, 0) is 82.0 Å². The molecule has 0 radical (unpaired) electrons. The van der Waals surface area contributed by atoms with Crippen LogP contribution in [0.4, 0.5) is 19.7 Å². The van der Waals surface area contributed by atoms with Crippen LogP contribution < -0.4 is 16.2 Å². The molecule has 248 valence electrons. The number of allylic oxidation sites excluding steroid dienone is 1. The number of rotatable bonds is 11. The molecule has 3 aromatic rings. The summed E-state index contributed by atoms with van der Waals surface area (Å²) in [7, 11) is 4.37. The number of fused-ring (bicyclic) bond motifs is 1. The number of nitrogens with zero attached hydrogens (tertiary/aromatic N) is 3. The van der Waals surface area contributed by atoms with Crippen LogP contribution in [0.3, 0.4) is 0 Å². The molecule has 12 nitrogen and oxygen atoms in total. The second kappa shape index (κ2) is 15.4. The summed E-state index contributed by atoms with van der Waals surface area (Å²) in [5, 5.41) is 5.51. The lowest BCUT2D eigenvalue weighted by Gasteiger charge is -2.22. The molecule has 0 fully saturated rings. The van der Waals surface area contributed by atoms with Crippen molar-refractivity contribution in [3.63, 3.8) is 0 Å². The molecule has 3 rings (SSSR count). The summed E-state index contributed by atoms with van der Waals surface area (Å²) in [6, 6.07) is 6.26. The predicted octanol–water partition coefficient (Wildman–Crippen LogP) is 4.81. The van der Waals surface area contributed by atoms with Gasteiger partial charge in [0.05, 0.1) is 24.9 Å². The number of hydrogen-bond acceptors (Lipinski definition) is 7. The van der Waals surface area contributed by atoms with Gasteiger partial charge in [0, 0.05) is 25.7 Å². The monoisotopic (exact) mass is 639 g/mol. The number of halogens is 1. The molecule has 0 aliphatic rings. The van der Waals surface area contributed by atoms with Crippen molar-refractivity contribution in [1.29, 1.82) is 0 Å². The number of pyridine rings is 1. The second-order valence-corrected chi connectivity index (χ2v) is 11.9. The molecule has 13 heteroatoms. The summed E-state index contributed by atoms with van der Waals surface area (Å²) in [5.41, 5.74) is 0.0482. The Morgan fingerprint density at radius 3 is 2.48 bits per heavy atom. The first-order valence-electron chi connectivity index (χ1n) is 14.9. The van der Waals surface area contributed by atoms with E-state index < -0.39 is 41.1 Å². The molecule has 1 atom stereocenters. The van der Waals surface area contributed by atoms with Gasteiger partial charge in [-0.15, -0.1) is 0 Å². The minimum atomic E-state index is -1.08. The van der Waals surface area contributed by atoms with Gasteiger partial charge in [-0.25, -0.2) is 18.5 Å². The van der Waals surface area contributed by atoms with Crippen molar-refractivity contribution in [2.24, 2.45) is 0 Å². The summed E-state index contributed by atoms with van der Waals surface area (Å²) in [6.45, 7) is 7.06. The quantitative estimate of drug-likeness (QED) is 0.287. The van der Waals surface area contributed by atoms with Crippen LogP contribution in [0.25, 0.3) is 10.9 Å². The van der Waals surface area contributed by atoms with E-state index in [4.69, 9.17) is 4.74 Å². The lowest BCUT2D eigenvalue weighted by molar-refractivity contribution is -0.123. The smallest absolute Gasteiger partial charge is 0.419 e. The van der Waals surface area contributed by atoms with Crippen molar-refractivity contribution in [3.8, 4) is 0 Å². The molecule has 46 heavy (non-hydrogen) atoms. The fraction of sp³-hybridized carbons (Fsp3) is 0.424. The third-order valence-electron chi connectivity index (χ3n) is 6.84. The normalized spacial score (nSPS) is 12.2. The number of likely N-dealkylation sites (N-methyl/N-ethyl adjacent to an activating group) is 1. The van der Waals surface area contributed by atoms with Gasteiger partial charge in [0.2, 0.25) is 11.8 Å². The molecule has 2 aromatic heterocycles. The van der Waals surface area contributed by atoms with Crippen LogP contribution in [-0.4, -0.2) is 70.9 Å². The van der Waals surface area contributed by atoms with Crippen molar-refractivity contribution in [3.05, 3.63) is 76.1 Å². The Morgan fingerprint density at radius 1 is 1.13 bits per heavy atom. The maximum atomic E-state index is 14.6. The SMILES string of the molecule is CCCc1cc(F)cc2cc(Cn3cccc(NC(=O)[C@H](CC/C=C/C(=O)N(C)C)NC(=O)OC)c3=O)n(C(=O)OC(C)(C)C)c12. The molecular weight excluding hydrogens is 597 g/mol. The van der Waals surface area contributed by atoms with Crippen molar-refractivity contribution in [2.45, 2.75) is 71.6 Å². The zero-order valence-corrected chi connectivity index (χ0v) is 27.3. The highest BCUT2D eigenvalue weighted by molar-refractivity contribution is 5.96. The average Bonchev–Trinajstić information content (AvgIpc) is 3.33. The van der Waals surface area contributed by atoms with E-state index >= 15 is 0 Å². The van der Waals surface area contributed by atoms with E-state index in [1.165, 1.54) is 44.5 Å². The van der Waals surface area contributed by atoms with E-state index in [2.05, 4.69) is 15.4 Å². The van der Waals surface area contributed by atoms with E-state index in [0.717, 1.165) is 7.11 Å². The Kier molecular flexibility index (Phi) is 11.9. The topological polar surface area (TPSA) is 141 Å². The molecule has 1 aromatic carbocycles. The Balaban J connectivity index is 1.95. The molecule has 3 amide bonds. The van der Waals surface area contributed by atoms with Gasteiger partial charge in [0.25, 0.3) is 5.56 Å². The molecule has 0 unspecified atom stereocenters. The highest BCUT2D eigenvalue weighted by Crippen LogP contribution is 2.28. The summed E-state index contributed by atoms with van der Waals surface area (Å²) < 4.78 is 27.6. The first-order chi connectivity index (χ1) is 21.6. The Hall–Kier alpha value is -4.94. The number of carbonyl (C=O) groups is 4. The maximum absolute atomic E-state index is 14.6.